The smallest absolute Gasteiger partial charge is 0.227 e. The maximum Gasteiger partial charge on any atom is 0.227 e. The average molecular weight is 458 g/mol. The highest BCUT2D eigenvalue weighted by atomic mass is 127. The molecule has 1 aromatic rings. The molecular formula is C19H31IN4O. The number of unbranched alkanes of at least 4 members (excludes halogenated alkanes) is 1. The molecule has 1 aliphatic heterocycles. The number of fused-ring (bicyclic) bond motifs is 1. The fourth-order valence-electron chi connectivity index (χ4n) is 3.06. The Kier molecular flexibility index (Phi) is 9.85. The maximum atomic E-state index is 12.5. The predicted molar refractivity (Wildman–Crippen MR) is 116 cm³/mol. The van der Waals surface area contributed by atoms with E-state index in [1.165, 1.54) is 12.0 Å². The Morgan fingerprint density at radius 1 is 1.32 bits per heavy atom. The number of para-hydroxylation sites is 1. The van der Waals surface area contributed by atoms with E-state index in [1.54, 1.807) is 7.05 Å². The molecule has 0 unspecified atom stereocenters. The van der Waals surface area contributed by atoms with E-state index in [0.717, 1.165) is 50.5 Å². The number of anilines is 1. The lowest BCUT2D eigenvalue weighted by Crippen LogP contribution is -2.40. The molecule has 25 heavy (non-hydrogen) atoms. The third-order valence-electron chi connectivity index (χ3n) is 4.46. The van der Waals surface area contributed by atoms with Crippen molar-refractivity contribution in [3.05, 3.63) is 29.8 Å². The van der Waals surface area contributed by atoms with Gasteiger partial charge in [0.25, 0.3) is 0 Å². The van der Waals surface area contributed by atoms with Crippen LogP contribution < -0.4 is 10.2 Å². The van der Waals surface area contributed by atoms with Crippen molar-refractivity contribution in [1.29, 1.82) is 0 Å². The molecule has 0 spiro atoms. The number of halogens is 1. The summed E-state index contributed by atoms with van der Waals surface area (Å²) in [4.78, 5) is 20.8. The van der Waals surface area contributed by atoms with Gasteiger partial charge in [-0.1, -0.05) is 31.5 Å². The molecule has 1 heterocycles. The lowest BCUT2D eigenvalue weighted by atomic mass is 10.2. The quantitative estimate of drug-likeness (QED) is 0.295. The topological polar surface area (TPSA) is 47.9 Å². The average Bonchev–Trinajstić information content (AvgIpc) is 3.03. The van der Waals surface area contributed by atoms with Crippen molar-refractivity contribution in [2.75, 3.05) is 38.6 Å². The second-order valence-corrected chi connectivity index (χ2v) is 6.28. The number of hydrogen-bond donors (Lipinski definition) is 1. The molecule has 0 bridgehead atoms. The highest BCUT2D eigenvalue weighted by Gasteiger charge is 2.23. The van der Waals surface area contributed by atoms with E-state index in [9.17, 15) is 4.79 Å². The van der Waals surface area contributed by atoms with Crippen LogP contribution in [0.15, 0.2) is 29.3 Å². The van der Waals surface area contributed by atoms with E-state index in [2.05, 4.69) is 35.2 Å². The molecule has 5 nitrogen and oxygen atoms in total. The van der Waals surface area contributed by atoms with Crippen LogP contribution in [0, 0.1) is 0 Å². The van der Waals surface area contributed by atoms with Crippen molar-refractivity contribution in [2.24, 2.45) is 4.99 Å². The summed E-state index contributed by atoms with van der Waals surface area (Å²) in [6, 6.07) is 8.20. The molecule has 1 N–H and O–H groups in total. The molecule has 2 rings (SSSR count). The van der Waals surface area contributed by atoms with Gasteiger partial charge in [-0.3, -0.25) is 9.79 Å². The first-order chi connectivity index (χ1) is 11.7. The number of carbonyl (C=O) groups is 1. The van der Waals surface area contributed by atoms with E-state index < -0.39 is 0 Å². The SMILES string of the molecule is CCCCN(C)C(=NC)NCCCC(=O)N1CCc2ccccc21.I. The number of amides is 1. The van der Waals surface area contributed by atoms with Crippen LogP contribution in [0.2, 0.25) is 0 Å². The van der Waals surface area contributed by atoms with E-state index >= 15 is 0 Å². The van der Waals surface area contributed by atoms with Gasteiger partial charge in [0.05, 0.1) is 0 Å². The predicted octanol–water partition coefficient (Wildman–Crippen LogP) is 3.28. The van der Waals surface area contributed by atoms with E-state index in [-0.39, 0.29) is 29.9 Å². The number of carbonyl (C=O) groups excluding carboxylic acids is 1. The second kappa shape index (κ2) is 11.3. The van der Waals surface area contributed by atoms with Crippen LogP contribution in [0.3, 0.4) is 0 Å². The summed E-state index contributed by atoms with van der Waals surface area (Å²) >= 11 is 0. The van der Waals surface area contributed by atoms with Gasteiger partial charge in [0.1, 0.15) is 0 Å². The van der Waals surface area contributed by atoms with E-state index in [1.807, 2.05) is 23.1 Å². The van der Waals surface area contributed by atoms with Crippen molar-refractivity contribution < 1.29 is 4.79 Å². The highest BCUT2D eigenvalue weighted by molar-refractivity contribution is 14.0. The Bertz CT molecular complexity index is 576. The minimum absolute atomic E-state index is 0. The number of hydrogen-bond acceptors (Lipinski definition) is 2. The van der Waals surface area contributed by atoms with Gasteiger partial charge in [-0.2, -0.15) is 0 Å². The number of nitrogens with one attached hydrogen (secondary N) is 1. The number of rotatable bonds is 7. The van der Waals surface area contributed by atoms with Gasteiger partial charge in [0.2, 0.25) is 5.91 Å². The first-order valence-corrected chi connectivity index (χ1v) is 8.97. The molecular weight excluding hydrogens is 427 g/mol. The zero-order valence-electron chi connectivity index (χ0n) is 15.6. The number of aliphatic imine (C=N–C) groups is 1. The van der Waals surface area contributed by atoms with E-state index in [4.69, 9.17) is 0 Å². The van der Waals surface area contributed by atoms with Crippen LogP contribution in [0.5, 0.6) is 0 Å². The molecule has 0 fully saturated rings. The van der Waals surface area contributed by atoms with Crippen LogP contribution in [0.25, 0.3) is 0 Å². The molecule has 0 saturated heterocycles. The normalized spacial score (nSPS) is 13.2. The van der Waals surface area contributed by atoms with Gasteiger partial charge in [0, 0.05) is 45.8 Å². The van der Waals surface area contributed by atoms with Crippen LogP contribution in [-0.4, -0.2) is 50.5 Å². The van der Waals surface area contributed by atoms with Gasteiger partial charge in [0.15, 0.2) is 5.96 Å². The molecule has 0 radical (unpaired) electrons. The van der Waals surface area contributed by atoms with Gasteiger partial charge in [-0.15, -0.1) is 24.0 Å². The third kappa shape index (κ3) is 6.17. The van der Waals surface area contributed by atoms with Gasteiger partial charge in [-0.25, -0.2) is 0 Å². The second-order valence-electron chi connectivity index (χ2n) is 6.28. The Hall–Kier alpha value is -1.31. The summed E-state index contributed by atoms with van der Waals surface area (Å²) in [6.07, 6.45) is 4.68. The Morgan fingerprint density at radius 2 is 2.08 bits per heavy atom. The Balaban J connectivity index is 0.00000312. The minimum atomic E-state index is 0. The summed E-state index contributed by atoms with van der Waals surface area (Å²) in [6.45, 7) is 4.77. The summed E-state index contributed by atoms with van der Waals surface area (Å²) in [5.41, 5.74) is 2.37. The molecule has 0 atom stereocenters. The first-order valence-electron chi connectivity index (χ1n) is 8.97. The Labute approximate surface area is 168 Å². The summed E-state index contributed by atoms with van der Waals surface area (Å²) in [5.74, 6) is 1.12. The van der Waals surface area contributed by atoms with Crippen molar-refractivity contribution in [3.8, 4) is 0 Å². The highest BCUT2D eigenvalue weighted by Crippen LogP contribution is 2.27. The number of guanidine groups is 1. The van der Waals surface area contributed by atoms with Crippen LogP contribution >= 0.6 is 24.0 Å². The van der Waals surface area contributed by atoms with Crippen LogP contribution in [0.1, 0.15) is 38.2 Å². The van der Waals surface area contributed by atoms with Gasteiger partial charge in [-0.05, 0) is 30.9 Å². The maximum absolute atomic E-state index is 12.5. The van der Waals surface area contributed by atoms with Crippen molar-refractivity contribution in [1.82, 2.24) is 10.2 Å². The molecule has 1 aromatic carbocycles. The van der Waals surface area contributed by atoms with E-state index in [0.29, 0.717) is 6.42 Å². The monoisotopic (exact) mass is 458 g/mol. The fourth-order valence-corrected chi connectivity index (χ4v) is 3.06. The summed E-state index contributed by atoms with van der Waals surface area (Å²) < 4.78 is 0. The molecule has 0 aliphatic carbocycles. The lowest BCUT2D eigenvalue weighted by Gasteiger charge is -2.22. The lowest BCUT2D eigenvalue weighted by molar-refractivity contribution is -0.118. The number of nitrogens with zero attached hydrogens (tertiary/aromatic N) is 3. The molecule has 6 heteroatoms. The van der Waals surface area contributed by atoms with Crippen molar-refractivity contribution >= 4 is 41.5 Å². The molecule has 1 aliphatic rings. The summed E-state index contributed by atoms with van der Waals surface area (Å²) in [5, 5.41) is 3.35. The minimum Gasteiger partial charge on any atom is -0.356 e. The summed E-state index contributed by atoms with van der Waals surface area (Å²) in [7, 11) is 3.86. The molecule has 140 valence electrons. The van der Waals surface area contributed by atoms with Crippen LogP contribution in [0.4, 0.5) is 5.69 Å². The van der Waals surface area contributed by atoms with Crippen molar-refractivity contribution in [2.45, 2.75) is 39.0 Å². The Morgan fingerprint density at radius 3 is 2.80 bits per heavy atom. The van der Waals surface area contributed by atoms with Gasteiger partial charge >= 0.3 is 0 Å². The van der Waals surface area contributed by atoms with Gasteiger partial charge < -0.3 is 15.1 Å². The molecule has 0 saturated carbocycles. The zero-order valence-corrected chi connectivity index (χ0v) is 18.0. The van der Waals surface area contributed by atoms with Crippen molar-refractivity contribution in [3.63, 3.8) is 0 Å². The molecule has 0 aromatic heterocycles. The molecule has 1 amide bonds. The largest absolute Gasteiger partial charge is 0.356 e. The zero-order chi connectivity index (χ0) is 17.4. The first kappa shape index (κ1) is 21.7. The van der Waals surface area contributed by atoms with Crippen LogP contribution in [-0.2, 0) is 11.2 Å². The number of benzene rings is 1. The fraction of sp³-hybridized carbons (Fsp3) is 0.579. The third-order valence-corrected chi connectivity index (χ3v) is 4.46. The standard InChI is InChI=1S/C19H30N4O.HI/c1-4-5-14-22(3)19(20-2)21-13-8-11-18(24)23-15-12-16-9-6-7-10-17(16)23;/h6-7,9-10H,4-5,8,11-15H2,1-3H3,(H,20,21);1H.